The Balaban J connectivity index is 3.19. The number of rotatable bonds is 6. The van der Waals surface area contributed by atoms with Gasteiger partial charge in [-0.25, -0.2) is 4.39 Å². The quantitative estimate of drug-likeness (QED) is 0.808. The minimum atomic E-state index is -0.356. The van der Waals surface area contributed by atoms with Crippen LogP contribution in [0.4, 0.5) is 4.39 Å². The molecule has 0 saturated carbocycles. The molecule has 1 aromatic rings. The van der Waals surface area contributed by atoms with Crippen LogP contribution in [0.15, 0.2) is 0 Å². The summed E-state index contributed by atoms with van der Waals surface area (Å²) in [6, 6.07) is 0.276. The van der Waals surface area contributed by atoms with Gasteiger partial charge in [0.05, 0.1) is 12.2 Å². The lowest BCUT2D eigenvalue weighted by molar-refractivity contribution is 0.419. The van der Waals surface area contributed by atoms with Gasteiger partial charge in [0.2, 0.25) is 0 Å². The molecular formula is C12H22FN3. The highest BCUT2D eigenvalue weighted by Crippen LogP contribution is 2.23. The molecule has 0 spiro atoms. The number of hydrogen-bond acceptors (Lipinski definition) is 2. The van der Waals surface area contributed by atoms with Crippen molar-refractivity contribution < 1.29 is 4.39 Å². The van der Waals surface area contributed by atoms with Gasteiger partial charge in [-0.1, -0.05) is 13.8 Å². The molecular weight excluding hydrogens is 205 g/mol. The van der Waals surface area contributed by atoms with E-state index in [1.807, 2.05) is 11.7 Å². The molecule has 0 fully saturated rings. The zero-order valence-electron chi connectivity index (χ0n) is 10.7. The highest BCUT2D eigenvalue weighted by Gasteiger charge is 2.19. The molecule has 1 N–H and O–H groups in total. The molecule has 1 atom stereocenters. The monoisotopic (exact) mass is 227 g/mol. The molecule has 0 amide bonds. The average molecular weight is 227 g/mol. The molecule has 0 saturated heterocycles. The Labute approximate surface area is 97.0 Å². The molecule has 1 unspecified atom stereocenters. The minimum Gasteiger partial charge on any atom is -0.313 e. The third-order valence-electron chi connectivity index (χ3n) is 3.01. The van der Waals surface area contributed by atoms with E-state index in [4.69, 9.17) is 0 Å². The predicted molar refractivity (Wildman–Crippen MR) is 64.4 cm³/mol. The lowest BCUT2D eigenvalue weighted by atomic mass is 10.0. The topological polar surface area (TPSA) is 29.9 Å². The van der Waals surface area contributed by atoms with E-state index in [9.17, 15) is 4.39 Å². The van der Waals surface area contributed by atoms with E-state index in [-0.39, 0.29) is 12.7 Å². The molecule has 0 aromatic carbocycles. The van der Waals surface area contributed by atoms with E-state index in [1.54, 1.807) is 0 Å². The van der Waals surface area contributed by atoms with Gasteiger partial charge < -0.3 is 5.32 Å². The molecule has 0 bridgehead atoms. The summed E-state index contributed by atoms with van der Waals surface area (Å²) in [5.41, 5.74) is 3.50. The van der Waals surface area contributed by atoms with Crippen molar-refractivity contribution in [1.29, 1.82) is 0 Å². The summed E-state index contributed by atoms with van der Waals surface area (Å²) in [5.74, 6) is 0. The smallest absolute Gasteiger partial charge is 0.109 e. The van der Waals surface area contributed by atoms with E-state index < -0.39 is 0 Å². The number of hydrogen-bond donors (Lipinski definition) is 1. The van der Waals surface area contributed by atoms with Crippen molar-refractivity contribution in [3.05, 3.63) is 17.0 Å². The zero-order valence-corrected chi connectivity index (χ0v) is 10.7. The van der Waals surface area contributed by atoms with Gasteiger partial charge in [-0.2, -0.15) is 5.10 Å². The van der Waals surface area contributed by atoms with Crippen LogP contribution in [-0.2, 0) is 19.4 Å². The van der Waals surface area contributed by atoms with Crippen LogP contribution in [0.3, 0.4) is 0 Å². The summed E-state index contributed by atoms with van der Waals surface area (Å²) in [7, 11) is 1.94. The van der Waals surface area contributed by atoms with Crippen molar-refractivity contribution in [2.45, 2.75) is 46.2 Å². The van der Waals surface area contributed by atoms with Crippen LogP contribution >= 0.6 is 0 Å². The fourth-order valence-corrected chi connectivity index (χ4v) is 2.11. The Morgan fingerprint density at radius 2 is 2.06 bits per heavy atom. The van der Waals surface area contributed by atoms with Gasteiger partial charge in [-0.05, 0) is 26.8 Å². The predicted octanol–water partition coefficient (Wildman–Crippen LogP) is 2.26. The number of nitrogens with one attached hydrogen (secondary N) is 1. The Hall–Kier alpha value is -0.900. The Kier molecular flexibility index (Phi) is 4.93. The lowest BCUT2D eigenvalue weighted by Gasteiger charge is -2.13. The van der Waals surface area contributed by atoms with Gasteiger partial charge in [0.25, 0.3) is 0 Å². The molecule has 0 radical (unpaired) electrons. The van der Waals surface area contributed by atoms with Gasteiger partial charge in [0.1, 0.15) is 6.67 Å². The van der Waals surface area contributed by atoms with Crippen molar-refractivity contribution in [1.82, 2.24) is 15.1 Å². The minimum absolute atomic E-state index is 0.276. The van der Waals surface area contributed by atoms with Gasteiger partial charge in [0.15, 0.2) is 0 Å². The Bertz CT molecular complexity index is 333. The van der Waals surface area contributed by atoms with Crippen LogP contribution in [-0.4, -0.2) is 23.5 Å². The van der Waals surface area contributed by atoms with Crippen LogP contribution < -0.4 is 5.32 Å². The fraction of sp³-hybridized carbons (Fsp3) is 0.750. The maximum atomic E-state index is 12.4. The normalized spacial score (nSPS) is 13.1. The van der Waals surface area contributed by atoms with Crippen molar-refractivity contribution >= 4 is 0 Å². The van der Waals surface area contributed by atoms with Crippen molar-refractivity contribution in [2.24, 2.45) is 0 Å². The Morgan fingerprint density at radius 3 is 2.50 bits per heavy atom. The number of alkyl halides is 1. The van der Waals surface area contributed by atoms with Crippen molar-refractivity contribution in [3.63, 3.8) is 0 Å². The fourth-order valence-electron chi connectivity index (χ4n) is 2.11. The van der Waals surface area contributed by atoms with E-state index >= 15 is 0 Å². The molecule has 0 aliphatic rings. The number of halogens is 1. The third-order valence-corrected chi connectivity index (χ3v) is 3.01. The summed E-state index contributed by atoms with van der Waals surface area (Å²) in [6.07, 6.45) is 1.79. The second-order valence-corrected chi connectivity index (χ2v) is 3.94. The summed E-state index contributed by atoms with van der Waals surface area (Å²) < 4.78 is 14.3. The van der Waals surface area contributed by atoms with Crippen LogP contribution in [0.25, 0.3) is 0 Å². The molecule has 1 aromatic heterocycles. The van der Waals surface area contributed by atoms with E-state index in [2.05, 4.69) is 31.2 Å². The molecule has 1 heterocycles. The maximum absolute atomic E-state index is 12.4. The molecule has 3 nitrogen and oxygen atoms in total. The summed E-state index contributed by atoms with van der Waals surface area (Å²) >= 11 is 0. The van der Waals surface area contributed by atoms with Gasteiger partial charge in [0, 0.05) is 17.3 Å². The summed E-state index contributed by atoms with van der Waals surface area (Å²) in [6.45, 7) is 6.32. The second-order valence-electron chi connectivity index (χ2n) is 3.94. The SMILES string of the molecule is CCc1nn(CCF)c(CC)c1C(C)NC. The first-order chi connectivity index (χ1) is 7.69. The largest absolute Gasteiger partial charge is 0.313 e. The number of aryl methyl sites for hydroxylation is 2. The average Bonchev–Trinajstić information content (AvgIpc) is 2.66. The van der Waals surface area contributed by atoms with Crippen molar-refractivity contribution in [2.75, 3.05) is 13.7 Å². The molecule has 92 valence electrons. The van der Waals surface area contributed by atoms with Gasteiger partial charge in [-0.3, -0.25) is 4.68 Å². The van der Waals surface area contributed by atoms with Gasteiger partial charge >= 0.3 is 0 Å². The molecule has 0 aliphatic heterocycles. The maximum Gasteiger partial charge on any atom is 0.109 e. The van der Waals surface area contributed by atoms with Crippen LogP contribution in [0.5, 0.6) is 0 Å². The number of nitrogens with zero attached hydrogens (tertiary/aromatic N) is 2. The number of aromatic nitrogens is 2. The van der Waals surface area contributed by atoms with Crippen LogP contribution in [0, 0.1) is 0 Å². The molecule has 4 heteroatoms. The highest BCUT2D eigenvalue weighted by atomic mass is 19.1. The first kappa shape index (κ1) is 13.2. The van der Waals surface area contributed by atoms with E-state index in [0.29, 0.717) is 6.54 Å². The molecule has 0 aliphatic carbocycles. The van der Waals surface area contributed by atoms with Crippen LogP contribution in [0.1, 0.15) is 43.8 Å². The summed E-state index contributed by atoms with van der Waals surface area (Å²) in [4.78, 5) is 0. The summed E-state index contributed by atoms with van der Waals surface area (Å²) in [5, 5.41) is 7.73. The first-order valence-corrected chi connectivity index (χ1v) is 6.01. The van der Waals surface area contributed by atoms with E-state index in [1.165, 1.54) is 5.56 Å². The Morgan fingerprint density at radius 1 is 1.38 bits per heavy atom. The highest BCUT2D eigenvalue weighted by molar-refractivity contribution is 5.30. The lowest BCUT2D eigenvalue weighted by Crippen LogP contribution is -2.16. The van der Waals surface area contributed by atoms with Crippen molar-refractivity contribution in [3.8, 4) is 0 Å². The van der Waals surface area contributed by atoms with Gasteiger partial charge in [-0.15, -0.1) is 0 Å². The van der Waals surface area contributed by atoms with E-state index in [0.717, 1.165) is 24.2 Å². The third kappa shape index (κ3) is 2.43. The zero-order chi connectivity index (χ0) is 12.1. The molecule has 1 rings (SSSR count). The first-order valence-electron chi connectivity index (χ1n) is 6.01. The molecule has 16 heavy (non-hydrogen) atoms. The standard InChI is InChI=1S/C12H22FN3/c1-5-10-12(9(3)14-4)11(6-2)16(15-10)8-7-13/h9,14H,5-8H2,1-4H3. The van der Waals surface area contributed by atoms with Crippen LogP contribution in [0.2, 0.25) is 0 Å². The second kappa shape index (κ2) is 5.99.